The zero-order valence-corrected chi connectivity index (χ0v) is 13.7. The molecule has 0 aromatic carbocycles. The van der Waals surface area contributed by atoms with Gasteiger partial charge in [0.1, 0.15) is 17.5 Å². The fraction of sp³-hybridized carbons (Fsp3) is 0.733. The van der Waals surface area contributed by atoms with Crippen molar-refractivity contribution in [2.24, 2.45) is 0 Å². The normalized spacial score (nSPS) is 19.1. The molecule has 0 saturated carbocycles. The topological polar surface area (TPSA) is 41.1 Å². The lowest BCUT2D eigenvalue weighted by atomic mass is 10.2. The first-order valence-electron chi connectivity index (χ1n) is 7.75. The Morgan fingerprint density at radius 1 is 1.35 bits per heavy atom. The molecule has 1 aromatic heterocycles. The molecule has 1 N–H and O–H groups in total. The molecular weight excluding hydrogens is 268 g/mol. The second-order valence-corrected chi connectivity index (χ2v) is 6.56. The van der Waals surface area contributed by atoms with Crippen molar-refractivity contribution in [2.75, 3.05) is 35.6 Å². The lowest BCUT2D eigenvalue weighted by Gasteiger charge is -2.33. The number of aryl methyl sites for hydroxylation is 1. The van der Waals surface area contributed by atoms with Gasteiger partial charge < -0.3 is 10.2 Å². The van der Waals surface area contributed by atoms with Gasteiger partial charge in [0.2, 0.25) is 0 Å². The zero-order valence-electron chi connectivity index (χ0n) is 12.9. The van der Waals surface area contributed by atoms with Gasteiger partial charge in [0.05, 0.1) is 0 Å². The first-order valence-corrected chi connectivity index (χ1v) is 8.80. The predicted octanol–water partition coefficient (Wildman–Crippen LogP) is 3.19. The summed E-state index contributed by atoms with van der Waals surface area (Å²) in [6, 6.07) is 2.10. The minimum atomic E-state index is 0.732. The molecule has 0 radical (unpaired) electrons. The molecule has 0 spiro atoms. The fourth-order valence-electron chi connectivity index (χ4n) is 2.43. The Kier molecular flexibility index (Phi) is 5.95. The minimum absolute atomic E-state index is 0.732. The molecule has 20 heavy (non-hydrogen) atoms. The van der Waals surface area contributed by atoms with Crippen molar-refractivity contribution in [3.05, 3.63) is 11.9 Å². The highest BCUT2D eigenvalue weighted by atomic mass is 32.2. The van der Waals surface area contributed by atoms with Gasteiger partial charge in [-0.3, -0.25) is 0 Å². The van der Waals surface area contributed by atoms with E-state index in [2.05, 4.69) is 53.8 Å². The summed E-state index contributed by atoms with van der Waals surface area (Å²) in [5, 5.41) is 4.06. The van der Waals surface area contributed by atoms with Crippen LogP contribution in [0.5, 0.6) is 0 Å². The Balaban J connectivity index is 2.19. The van der Waals surface area contributed by atoms with E-state index in [1.54, 1.807) is 0 Å². The fourth-order valence-corrected chi connectivity index (χ4v) is 3.61. The van der Waals surface area contributed by atoms with Crippen LogP contribution in [-0.2, 0) is 6.42 Å². The van der Waals surface area contributed by atoms with Gasteiger partial charge in [-0.05, 0) is 19.8 Å². The van der Waals surface area contributed by atoms with E-state index in [0.29, 0.717) is 0 Å². The zero-order chi connectivity index (χ0) is 14.4. The highest BCUT2D eigenvalue weighted by molar-refractivity contribution is 8.00. The van der Waals surface area contributed by atoms with Crippen LogP contribution in [-0.4, -0.2) is 40.6 Å². The van der Waals surface area contributed by atoms with Crippen LogP contribution in [0.25, 0.3) is 0 Å². The van der Waals surface area contributed by atoms with E-state index >= 15 is 0 Å². The summed E-state index contributed by atoms with van der Waals surface area (Å²) in [5.41, 5.74) is 0. The molecule has 1 unspecified atom stereocenters. The lowest BCUT2D eigenvalue weighted by Crippen LogP contribution is -2.38. The van der Waals surface area contributed by atoms with Crippen molar-refractivity contribution in [2.45, 2.75) is 45.3 Å². The molecule has 1 aromatic rings. The molecule has 5 heteroatoms. The highest BCUT2D eigenvalue weighted by Gasteiger charge is 2.21. The van der Waals surface area contributed by atoms with E-state index in [4.69, 9.17) is 4.98 Å². The van der Waals surface area contributed by atoms with Crippen LogP contribution in [0.1, 0.15) is 39.4 Å². The summed E-state index contributed by atoms with van der Waals surface area (Å²) in [7, 11) is 0. The SMILES string of the molecule is CCCc1nc(NCC)cc(N2CCSC(CC)C2)n1. The molecular formula is C15H26N4S. The van der Waals surface area contributed by atoms with E-state index in [0.717, 1.165) is 55.2 Å². The number of hydrogen-bond donors (Lipinski definition) is 1. The number of aromatic nitrogens is 2. The van der Waals surface area contributed by atoms with Crippen LogP contribution in [0.2, 0.25) is 0 Å². The monoisotopic (exact) mass is 294 g/mol. The van der Waals surface area contributed by atoms with Gasteiger partial charge in [0.25, 0.3) is 0 Å². The Labute approximate surface area is 126 Å². The summed E-state index contributed by atoms with van der Waals surface area (Å²) in [4.78, 5) is 11.8. The van der Waals surface area contributed by atoms with Crippen LogP contribution in [0, 0.1) is 0 Å². The van der Waals surface area contributed by atoms with Gasteiger partial charge in [-0.15, -0.1) is 0 Å². The first-order chi connectivity index (χ1) is 9.76. The quantitative estimate of drug-likeness (QED) is 0.872. The maximum atomic E-state index is 4.76. The van der Waals surface area contributed by atoms with E-state index in [9.17, 15) is 0 Å². The molecule has 2 heterocycles. The van der Waals surface area contributed by atoms with Crippen LogP contribution in [0.4, 0.5) is 11.6 Å². The minimum Gasteiger partial charge on any atom is -0.370 e. The van der Waals surface area contributed by atoms with Crippen molar-refractivity contribution in [3.63, 3.8) is 0 Å². The van der Waals surface area contributed by atoms with Crippen LogP contribution in [0.3, 0.4) is 0 Å². The van der Waals surface area contributed by atoms with Gasteiger partial charge in [0, 0.05) is 43.1 Å². The molecule has 1 saturated heterocycles. The van der Waals surface area contributed by atoms with E-state index in [-0.39, 0.29) is 0 Å². The molecule has 0 bridgehead atoms. The Bertz CT molecular complexity index is 400. The largest absolute Gasteiger partial charge is 0.370 e. The molecule has 0 aliphatic carbocycles. The Morgan fingerprint density at radius 2 is 2.20 bits per heavy atom. The van der Waals surface area contributed by atoms with Gasteiger partial charge in [-0.2, -0.15) is 11.8 Å². The molecule has 0 amide bonds. The number of rotatable bonds is 6. The smallest absolute Gasteiger partial charge is 0.134 e. The van der Waals surface area contributed by atoms with Crippen molar-refractivity contribution >= 4 is 23.4 Å². The lowest BCUT2D eigenvalue weighted by molar-refractivity contribution is 0.712. The van der Waals surface area contributed by atoms with Gasteiger partial charge in [0.15, 0.2) is 0 Å². The van der Waals surface area contributed by atoms with Crippen molar-refractivity contribution in [1.29, 1.82) is 0 Å². The van der Waals surface area contributed by atoms with E-state index < -0.39 is 0 Å². The van der Waals surface area contributed by atoms with Crippen molar-refractivity contribution < 1.29 is 0 Å². The van der Waals surface area contributed by atoms with Crippen LogP contribution < -0.4 is 10.2 Å². The Hall–Kier alpha value is -0.970. The molecule has 1 aliphatic heterocycles. The van der Waals surface area contributed by atoms with Crippen LogP contribution in [0.15, 0.2) is 6.07 Å². The van der Waals surface area contributed by atoms with Crippen LogP contribution >= 0.6 is 11.8 Å². The molecule has 1 fully saturated rings. The third kappa shape index (κ3) is 4.01. The van der Waals surface area contributed by atoms with Gasteiger partial charge in [-0.1, -0.05) is 13.8 Å². The second-order valence-electron chi connectivity index (χ2n) is 5.16. The summed E-state index contributed by atoms with van der Waals surface area (Å²) in [5.74, 6) is 4.22. The third-order valence-corrected chi connectivity index (χ3v) is 4.88. The summed E-state index contributed by atoms with van der Waals surface area (Å²) >= 11 is 2.09. The number of nitrogens with one attached hydrogen (secondary N) is 1. The maximum Gasteiger partial charge on any atom is 0.134 e. The second kappa shape index (κ2) is 7.72. The summed E-state index contributed by atoms with van der Waals surface area (Å²) in [6.45, 7) is 9.65. The average molecular weight is 294 g/mol. The van der Waals surface area contributed by atoms with Crippen molar-refractivity contribution in [1.82, 2.24) is 9.97 Å². The summed E-state index contributed by atoms with van der Waals surface area (Å²) < 4.78 is 0. The number of thioether (sulfide) groups is 1. The number of anilines is 2. The molecule has 112 valence electrons. The molecule has 2 rings (SSSR count). The Morgan fingerprint density at radius 3 is 2.90 bits per heavy atom. The van der Waals surface area contributed by atoms with Crippen molar-refractivity contribution in [3.8, 4) is 0 Å². The number of nitrogens with zero attached hydrogens (tertiary/aromatic N) is 3. The molecule has 1 atom stereocenters. The van der Waals surface area contributed by atoms with E-state index in [1.807, 2.05) is 0 Å². The maximum absolute atomic E-state index is 4.76. The summed E-state index contributed by atoms with van der Waals surface area (Å²) in [6.07, 6.45) is 3.27. The van der Waals surface area contributed by atoms with Gasteiger partial charge >= 0.3 is 0 Å². The predicted molar refractivity (Wildman–Crippen MR) is 88.9 cm³/mol. The van der Waals surface area contributed by atoms with Gasteiger partial charge in [-0.25, -0.2) is 9.97 Å². The van der Waals surface area contributed by atoms with E-state index in [1.165, 1.54) is 12.2 Å². The first kappa shape index (κ1) is 15.4. The standard InChI is InChI=1S/C15H26N4S/c1-4-7-13-17-14(16-6-3)10-15(18-13)19-8-9-20-12(5-2)11-19/h10,12H,4-9,11H2,1-3H3,(H,16,17,18). The molecule has 1 aliphatic rings. The molecule has 4 nitrogen and oxygen atoms in total. The highest BCUT2D eigenvalue weighted by Crippen LogP contribution is 2.26. The average Bonchev–Trinajstić information content (AvgIpc) is 2.48. The number of hydrogen-bond acceptors (Lipinski definition) is 5. The third-order valence-electron chi connectivity index (χ3n) is 3.51.